The van der Waals surface area contributed by atoms with Gasteiger partial charge in [0.1, 0.15) is 0 Å². The average Bonchev–Trinajstić information content (AvgIpc) is 2.91. The van der Waals surface area contributed by atoms with Gasteiger partial charge in [-0.1, -0.05) is 12.1 Å². The lowest BCUT2D eigenvalue weighted by atomic mass is 10.0. The van der Waals surface area contributed by atoms with Crippen LogP contribution in [0.5, 0.6) is 0 Å². The third kappa shape index (κ3) is 3.28. The van der Waals surface area contributed by atoms with E-state index >= 15 is 0 Å². The molecule has 5 nitrogen and oxygen atoms in total. The van der Waals surface area contributed by atoms with Gasteiger partial charge in [0.05, 0.1) is 30.4 Å². The number of morpholine rings is 1. The molecule has 23 heavy (non-hydrogen) atoms. The van der Waals surface area contributed by atoms with Crippen LogP contribution in [0.1, 0.15) is 20.3 Å². The van der Waals surface area contributed by atoms with Gasteiger partial charge in [0.2, 0.25) is 11.8 Å². The van der Waals surface area contributed by atoms with E-state index in [1.54, 1.807) is 4.90 Å². The van der Waals surface area contributed by atoms with Crippen molar-refractivity contribution >= 4 is 33.4 Å². The monoisotopic (exact) mass is 380 g/mol. The van der Waals surface area contributed by atoms with Crippen molar-refractivity contribution < 1.29 is 14.3 Å². The van der Waals surface area contributed by atoms with Crippen LogP contribution in [-0.4, -0.2) is 48.6 Å². The number of nitrogens with zero attached hydrogens (tertiary/aromatic N) is 2. The summed E-state index contributed by atoms with van der Waals surface area (Å²) < 4.78 is 6.45. The molecule has 3 unspecified atom stereocenters. The van der Waals surface area contributed by atoms with E-state index in [4.69, 9.17) is 4.74 Å². The molecule has 2 amide bonds. The maximum absolute atomic E-state index is 12.8. The third-order valence-corrected chi connectivity index (χ3v) is 5.18. The van der Waals surface area contributed by atoms with Crippen LogP contribution in [0.4, 0.5) is 5.69 Å². The molecule has 3 rings (SSSR count). The van der Waals surface area contributed by atoms with Gasteiger partial charge in [-0.15, -0.1) is 0 Å². The van der Waals surface area contributed by atoms with E-state index in [0.717, 1.165) is 10.2 Å². The van der Waals surface area contributed by atoms with Crippen LogP contribution in [-0.2, 0) is 14.3 Å². The fourth-order valence-corrected chi connectivity index (χ4v) is 3.72. The van der Waals surface area contributed by atoms with Gasteiger partial charge in [-0.05, 0) is 41.9 Å². The second-order valence-corrected chi connectivity index (χ2v) is 7.19. The Morgan fingerprint density at radius 1 is 1.26 bits per heavy atom. The quantitative estimate of drug-likeness (QED) is 0.791. The highest BCUT2D eigenvalue weighted by atomic mass is 79.9. The molecular weight excluding hydrogens is 360 g/mol. The first-order valence-electron chi connectivity index (χ1n) is 7.94. The molecule has 0 N–H and O–H groups in total. The van der Waals surface area contributed by atoms with Gasteiger partial charge < -0.3 is 14.5 Å². The standard InChI is InChI=1S/C17H21BrN2O3/c1-11-10-23-12(2)8-19(11)17(22)13-7-16(21)20(9-13)15-6-4-3-5-14(15)18/h3-6,11-13H,7-10H2,1-2H3. The van der Waals surface area contributed by atoms with Gasteiger partial charge in [-0.25, -0.2) is 0 Å². The Bertz CT molecular complexity index is 622. The normalized spacial score (nSPS) is 28.3. The van der Waals surface area contributed by atoms with Gasteiger partial charge in [0, 0.05) is 24.0 Å². The van der Waals surface area contributed by atoms with Crippen molar-refractivity contribution in [2.24, 2.45) is 5.92 Å². The molecule has 2 saturated heterocycles. The van der Waals surface area contributed by atoms with Gasteiger partial charge in [-0.2, -0.15) is 0 Å². The second-order valence-electron chi connectivity index (χ2n) is 6.34. The molecule has 0 saturated carbocycles. The lowest BCUT2D eigenvalue weighted by Gasteiger charge is -2.38. The number of hydrogen-bond acceptors (Lipinski definition) is 3. The zero-order chi connectivity index (χ0) is 16.6. The van der Waals surface area contributed by atoms with Crippen LogP contribution < -0.4 is 4.90 Å². The van der Waals surface area contributed by atoms with Crippen LogP contribution in [0, 0.1) is 5.92 Å². The lowest BCUT2D eigenvalue weighted by molar-refractivity contribution is -0.147. The van der Waals surface area contributed by atoms with Crippen molar-refractivity contribution in [1.29, 1.82) is 0 Å². The summed E-state index contributed by atoms with van der Waals surface area (Å²) in [4.78, 5) is 28.8. The maximum Gasteiger partial charge on any atom is 0.228 e. The molecule has 0 aromatic heterocycles. The van der Waals surface area contributed by atoms with Crippen molar-refractivity contribution in [3.05, 3.63) is 28.7 Å². The summed E-state index contributed by atoms with van der Waals surface area (Å²) in [6.45, 7) is 5.56. The molecule has 2 fully saturated rings. The molecule has 2 heterocycles. The molecular formula is C17H21BrN2O3. The molecule has 0 aliphatic carbocycles. The molecule has 6 heteroatoms. The minimum atomic E-state index is -0.276. The average molecular weight is 381 g/mol. The molecule has 2 aliphatic rings. The van der Waals surface area contributed by atoms with Crippen molar-refractivity contribution in [2.75, 3.05) is 24.6 Å². The van der Waals surface area contributed by atoms with Gasteiger partial charge >= 0.3 is 0 Å². The van der Waals surface area contributed by atoms with E-state index in [1.165, 1.54) is 0 Å². The summed E-state index contributed by atoms with van der Waals surface area (Å²) in [7, 11) is 0. The molecule has 0 bridgehead atoms. The second kappa shape index (κ2) is 6.61. The number of benzene rings is 1. The molecule has 0 radical (unpaired) electrons. The zero-order valence-electron chi connectivity index (χ0n) is 13.4. The first kappa shape index (κ1) is 16.5. The Balaban J connectivity index is 1.74. The molecule has 1 aromatic carbocycles. The number of para-hydroxylation sites is 1. The molecule has 124 valence electrons. The maximum atomic E-state index is 12.8. The summed E-state index contributed by atoms with van der Waals surface area (Å²) in [5.41, 5.74) is 0.830. The number of halogens is 1. The summed E-state index contributed by atoms with van der Waals surface area (Å²) in [5.74, 6) is -0.206. The fraction of sp³-hybridized carbons (Fsp3) is 0.529. The minimum absolute atomic E-state index is 0.00390. The van der Waals surface area contributed by atoms with E-state index in [1.807, 2.05) is 43.0 Å². The molecule has 1 aromatic rings. The highest BCUT2D eigenvalue weighted by Gasteiger charge is 2.40. The smallest absolute Gasteiger partial charge is 0.228 e. The van der Waals surface area contributed by atoms with Crippen molar-refractivity contribution in [3.8, 4) is 0 Å². The Hall–Kier alpha value is -1.40. The van der Waals surface area contributed by atoms with Gasteiger partial charge in [0.15, 0.2) is 0 Å². The fourth-order valence-electron chi connectivity index (χ4n) is 3.22. The number of carbonyl (C=O) groups is 2. The zero-order valence-corrected chi connectivity index (χ0v) is 15.0. The van der Waals surface area contributed by atoms with Gasteiger partial charge in [0.25, 0.3) is 0 Å². The number of hydrogen-bond donors (Lipinski definition) is 0. The SMILES string of the molecule is CC1CN(C(=O)C2CC(=O)N(c3ccccc3Br)C2)C(C)CO1. The molecule has 3 atom stereocenters. The van der Waals surface area contributed by atoms with Crippen LogP contribution in [0.15, 0.2) is 28.7 Å². The first-order chi connectivity index (χ1) is 11.0. The highest BCUT2D eigenvalue weighted by molar-refractivity contribution is 9.10. The van der Waals surface area contributed by atoms with E-state index in [2.05, 4.69) is 15.9 Å². The van der Waals surface area contributed by atoms with Crippen LogP contribution in [0.25, 0.3) is 0 Å². The van der Waals surface area contributed by atoms with Crippen LogP contribution >= 0.6 is 15.9 Å². The Morgan fingerprint density at radius 2 is 2.00 bits per heavy atom. The summed E-state index contributed by atoms with van der Waals surface area (Å²) in [6.07, 6.45) is 0.324. The number of ether oxygens (including phenoxy) is 1. The highest BCUT2D eigenvalue weighted by Crippen LogP contribution is 2.32. The topological polar surface area (TPSA) is 49.9 Å². The van der Waals surface area contributed by atoms with Crippen LogP contribution in [0.2, 0.25) is 0 Å². The predicted octanol–water partition coefficient (Wildman–Crippen LogP) is 2.44. The number of anilines is 1. The Kier molecular flexibility index (Phi) is 4.73. The van der Waals surface area contributed by atoms with Crippen LogP contribution in [0.3, 0.4) is 0 Å². The number of amides is 2. The van der Waals surface area contributed by atoms with Crippen molar-refractivity contribution in [2.45, 2.75) is 32.4 Å². The Morgan fingerprint density at radius 3 is 2.74 bits per heavy atom. The summed E-state index contributed by atoms with van der Waals surface area (Å²) in [6, 6.07) is 7.67. The van der Waals surface area contributed by atoms with Gasteiger partial charge in [-0.3, -0.25) is 9.59 Å². The first-order valence-corrected chi connectivity index (χ1v) is 8.73. The summed E-state index contributed by atoms with van der Waals surface area (Å²) >= 11 is 3.48. The number of rotatable bonds is 2. The van der Waals surface area contributed by atoms with Crippen molar-refractivity contribution in [1.82, 2.24) is 4.90 Å². The minimum Gasteiger partial charge on any atom is -0.375 e. The number of carbonyl (C=O) groups excluding carboxylic acids is 2. The Labute approximate surface area is 144 Å². The summed E-state index contributed by atoms with van der Waals surface area (Å²) in [5, 5.41) is 0. The van der Waals surface area contributed by atoms with E-state index < -0.39 is 0 Å². The largest absolute Gasteiger partial charge is 0.375 e. The lowest BCUT2D eigenvalue weighted by Crippen LogP contribution is -2.52. The molecule has 2 aliphatic heterocycles. The van der Waals surface area contributed by atoms with Crippen molar-refractivity contribution in [3.63, 3.8) is 0 Å². The predicted molar refractivity (Wildman–Crippen MR) is 91.2 cm³/mol. The van der Waals surface area contributed by atoms with E-state index in [0.29, 0.717) is 19.7 Å². The third-order valence-electron chi connectivity index (χ3n) is 4.51. The molecule has 0 spiro atoms. The van der Waals surface area contributed by atoms with E-state index in [9.17, 15) is 9.59 Å². The van der Waals surface area contributed by atoms with E-state index in [-0.39, 0.29) is 36.3 Å².